The number of nitrogens with zero attached hydrogens (tertiary/aromatic N) is 1. The zero-order valence-electron chi connectivity index (χ0n) is 23.2. The molecule has 3 fully saturated rings. The first kappa shape index (κ1) is 32.2. The molecule has 1 aromatic rings. The first-order valence-corrected chi connectivity index (χ1v) is 13.8. The molecule has 0 spiro atoms. The van der Waals surface area contributed by atoms with Gasteiger partial charge in [-0.25, -0.2) is 4.72 Å². The standard InChI is InChI=1S/C13H23NO.C12H14N2OS.C3H6.CH5N/c1-9-4-10-5-11(12(9)14-3)7-13(2,6-10)8-15;1-9-4-3-7-13-11(9)10(2)16-14-12(8-15)5-6-12;1-3-2;1-2/h8-12,14H,4-7H2,1-3H3;3-4,7-8,14H,2,5-6H2,1H3;3H,1H2,2H3;2H2,1H3. The van der Waals surface area contributed by atoms with Gasteiger partial charge in [-0.3, -0.25) is 4.98 Å². The van der Waals surface area contributed by atoms with Gasteiger partial charge < -0.3 is 20.6 Å². The third kappa shape index (κ3) is 9.25. The van der Waals surface area contributed by atoms with Gasteiger partial charge in [0, 0.05) is 22.6 Å². The van der Waals surface area contributed by atoms with Gasteiger partial charge in [-0.1, -0.05) is 32.6 Å². The van der Waals surface area contributed by atoms with Crippen molar-refractivity contribution in [3.8, 4) is 0 Å². The zero-order chi connectivity index (χ0) is 27.4. The van der Waals surface area contributed by atoms with Crippen LogP contribution in [0.15, 0.2) is 37.6 Å². The van der Waals surface area contributed by atoms with Gasteiger partial charge >= 0.3 is 0 Å². The molecule has 36 heavy (non-hydrogen) atoms. The summed E-state index contributed by atoms with van der Waals surface area (Å²) >= 11 is 1.40. The fraction of sp³-hybridized carbons (Fsp3) is 0.621. The Kier molecular flexibility index (Phi) is 13.8. The number of carbonyl (C=O) groups excluding carboxylic acids is 2. The van der Waals surface area contributed by atoms with Crippen LogP contribution in [0, 0.1) is 30.1 Å². The van der Waals surface area contributed by atoms with E-state index in [-0.39, 0.29) is 11.0 Å². The average Bonchev–Trinajstić information content (AvgIpc) is 3.65. The number of fused-ring (bicyclic) bond motifs is 2. The molecule has 1 aromatic heterocycles. The van der Waals surface area contributed by atoms with Gasteiger partial charge in [0.1, 0.15) is 12.6 Å². The van der Waals surface area contributed by atoms with Crippen molar-refractivity contribution in [2.45, 2.75) is 77.8 Å². The topological polar surface area (TPSA) is 97.1 Å². The predicted octanol–water partition coefficient (Wildman–Crippen LogP) is 5.33. The molecule has 1 heterocycles. The van der Waals surface area contributed by atoms with Crippen LogP contribution in [0.25, 0.3) is 4.91 Å². The summed E-state index contributed by atoms with van der Waals surface area (Å²) in [4.78, 5) is 27.1. The summed E-state index contributed by atoms with van der Waals surface area (Å²) in [6, 6.07) is 4.53. The Balaban J connectivity index is 0.000000306. The van der Waals surface area contributed by atoms with E-state index < -0.39 is 0 Å². The maximum Gasteiger partial charge on any atom is 0.140 e. The van der Waals surface area contributed by atoms with Crippen molar-refractivity contribution in [3.05, 3.63) is 48.8 Å². The van der Waals surface area contributed by atoms with Gasteiger partial charge in [0.25, 0.3) is 0 Å². The van der Waals surface area contributed by atoms with E-state index in [2.05, 4.69) is 54.8 Å². The third-order valence-corrected chi connectivity index (χ3v) is 8.18. The number of carbonyl (C=O) groups is 2. The minimum absolute atomic E-state index is 0.0389. The highest BCUT2D eigenvalue weighted by molar-refractivity contribution is 8.06. The second-order valence-corrected chi connectivity index (χ2v) is 11.4. The van der Waals surface area contributed by atoms with E-state index in [1.165, 1.54) is 38.1 Å². The number of aldehydes is 2. The van der Waals surface area contributed by atoms with Gasteiger partial charge in [0.05, 0.1) is 11.2 Å². The molecule has 7 heteroatoms. The summed E-state index contributed by atoms with van der Waals surface area (Å²) in [6.07, 6.45) is 12.4. The molecule has 0 radical (unpaired) electrons. The minimum Gasteiger partial charge on any atom is -0.333 e. The average molecular weight is 517 g/mol. The molecule has 3 saturated carbocycles. The lowest BCUT2D eigenvalue weighted by Crippen LogP contribution is -2.50. The van der Waals surface area contributed by atoms with Crippen LogP contribution in [0.4, 0.5) is 0 Å². The Morgan fingerprint density at radius 1 is 1.22 bits per heavy atom. The predicted molar refractivity (Wildman–Crippen MR) is 154 cm³/mol. The Morgan fingerprint density at radius 3 is 2.36 bits per heavy atom. The fourth-order valence-electron chi connectivity index (χ4n) is 5.51. The van der Waals surface area contributed by atoms with Crippen molar-refractivity contribution in [1.29, 1.82) is 0 Å². The van der Waals surface area contributed by atoms with E-state index >= 15 is 0 Å². The van der Waals surface area contributed by atoms with E-state index in [1.54, 1.807) is 12.3 Å². The Morgan fingerprint density at radius 2 is 1.86 bits per heavy atom. The molecule has 0 saturated heterocycles. The van der Waals surface area contributed by atoms with Crippen molar-refractivity contribution in [3.63, 3.8) is 0 Å². The van der Waals surface area contributed by atoms with Gasteiger partial charge in [0.15, 0.2) is 0 Å². The summed E-state index contributed by atoms with van der Waals surface area (Å²) in [6.45, 7) is 15.7. The number of aryl methyl sites for hydroxylation is 1. The normalized spacial score (nSPS) is 28.9. The lowest BCUT2D eigenvalue weighted by atomic mass is 9.58. The summed E-state index contributed by atoms with van der Waals surface area (Å²) in [7, 11) is 3.56. The lowest BCUT2D eigenvalue weighted by Gasteiger charge is -2.49. The van der Waals surface area contributed by atoms with Crippen molar-refractivity contribution in [2.75, 3.05) is 14.1 Å². The SMILES string of the molecule is C=C(SNC1(C=O)CC1)c1ncccc1C.C=CC.CN.CNC1C(C)CC2CC1CC(C)(C=O)C2. The van der Waals surface area contributed by atoms with Gasteiger partial charge in [-0.15, -0.1) is 6.58 Å². The molecule has 4 rings (SSSR count). The molecule has 3 aliphatic rings. The van der Waals surface area contributed by atoms with E-state index in [0.717, 1.165) is 60.0 Å². The van der Waals surface area contributed by atoms with Crippen molar-refractivity contribution in [1.82, 2.24) is 15.0 Å². The summed E-state index contributed by atoms with van der Waals surface area (Å²) in [5.41, 5.74) is 6.14. The molecular weight excluding hydrogens is 468 g/mol. The molecule has 0 amide bonds. The molecule has 0 aliphatic heterocycles. The van der Waals surface area contributed by atoms with Gasteiger partial charge in [-0.2, -0.15) is 0 Å². The van der Waals surface area contributed by atoms with Crippen LogP contribution in [0.3, 0.4) is 0 Å². The Labute approximate surface area is 223 Å². The maximum absolute atomic E-state index is 11.2. The molecule has 6 nitrogen and oxygen atoms in total. The number of aromatic nitrogens is 1. The van der Waals surface area contributed by atoms with Crippen LogP contribution in [-0.4, -0.2) is 43.2 Å². The van der Waals surface area contributed by atoms with E-state index in [9.17, 15) is 9.59 Å². The summed E-state index contributed by atoms with van der Waals surface area (Å²) in [5, 5.41) is 3.46. The molecule has 3 aliphatic carbocycles. The van der Waals surface area contributed by atoms with Gasteiger partial charge in [-0.05, 0) is 108 Å². The molecular formula is C29H48N4O2S. The molecule has 0 aromatic carbocycles. The van der Waals surface area contributed by atoms with Crippen LogP contribution in [0.2, 0.25) is 0 Å². The van der Waals surface area contributed by atoms with Crippen LogP contribution >= 0.6 is 11.9 Å². The first-order valence-electron chi connectivity index (χ1n) is 13.0. The van der Waals surface area contributed by atoms with E-state index in [0.29, 0.717) is 12.0 Å². The molecule has 5 unspecified atom stereocenters. The number of nitrogens with two attached hydrogens (primary N) is 1. The smallest absolute Gasteiger partial charge is 0.140 e. The Hall–Kier alpha value is -1.80. The molecule has 4 N–H and O–H groups in total. The quantitative estimate of drug-likeness (QED) is 0.256. The largest absolute Gasteiger partial charge is 0.333 e. The van der Waals surface area contributed by atoms with E-state index in [4.69, 9.17) is 0 Å². The number of pyridine rings is 1. The zero-order valence-corrected chi connectivity index (χ0v) is 24.0. The number of rotatable bonds is 7. The summed E-state index contributed by atoms with van der Waals surface area (Å²) < 4.78 is 3.15. The number of hydrogen-bond donors (Lipinski definition) is 3. The summed E-state index contributed by atoms with van der Waals surface area (Å²) in [5.74, 6) is 2.28. The molecule has 5 atom stereocenters. The van der Waals surface area contributed by atoms with Crippen molar-refractivity contribution >= 4 is 29.4 Å². The molecule has 2 bridgehead atoms. The second kappa shape index (κ2) is 15.5. The molecule has 202 valence electrons. The third-order valence-electron chi connectivity index (χ3n) is 7.23. The highest BCUT2D eigenvalue weighted by atomic mass is 32.2. The van der Waals surface area contributed by atoms with Crippen molar-refractivity contribution in [2.24, 2.45) is 28.9 Å². The fourth-order valence-corrected chi connectivity index (χ4v) is 6.40. The maximum atomic E-state index is 11.2. The number of hydrogen-bond acceptors (Lipinski definition) is 7. The highest BCUT2D eigenvalue weighted by Gasteiger charge is 2.45. The van der Waals surface area contributed by atoms with Crippen LogP contribution in [0.5, 0.6) is 0 Å². The first-order chi connectivity index (χ1) is 17.2. The van der Waals surface area contributed by atoms with Gasteiger partial charge in [0.2, 0.25) is 0 Å². The highest BCUT2D eigenvalue weighted by Crippen LogP contribution is 2.49. The van der Waals surface area contributed by atoms with Crippen molar-refractivity contribution < 1.29 is 9.59 Å². The van der Waals surface area contributed by atoms with E-state index in [1.807, 2.05) is 26.0 Å². The van der Waals surface area contributed by atoms with Crippen LogP contribution in [-0.2, 0) is 9.59 Å². The number of nitrogens with one attached hydrogen (secondary N) is 2. The minimum atomic E-state index is -0.309. The second-order valence-electron chi connectivity index (χ2n) is 10.5. The Bertz CT molecular complexity index is 855. The monoisotopic (exact) mass is 516 g/mol. The lowest BCUT2D eigenvalue weighted by molar-refractivity contribution is -0.120. The van der Waals surface area contributed by atoms with Crippen LogP contribution < -0.4 is 15.8 Å². The van der Waals surface area contributed by atoms with Crippen LogP contribution in [0.1, 0.15) is 70.6 Å². The number of allylic oxidation sites excluding steroid dienone is 1.